The summed E-state index contributed by atoms with van der Waals surface area (Å²) in [6, 6.07) is -1.32. The molecule has 0 saturated heterocycles. The average molecular weight is 255 g/mol. The van der Waals surface area contributed by atoms with Gasteiger partial charge in [0.1, 0.15) is 5.70 Å². The summed E-state index contributed by atoms with van der Waals surface area (Å²) in [7, 11) is 1.21. The molecule has 0 radical (unpaired) electrons. The summed E-state index contributed by atoms with van der Waals surface area (Å²) < 4.78 is 10.3. The SMILES string of the molecule is CO[C@@]12OC(C)=NC1=C[C@H]([N+](=O)[O-])C=C2[N+](=O)[O-]. The summed E-state index contributed by atoms with van der Waals surface area (Å²) in [4.78, 5) is 24.2. The van der Waals surface area contributed by atoms with Gasteiger partial charge in [-0.05, 0) is 0 Å². The smallest absolute Gasteiger partial charge is 0.348 e. The number of hydrogen-bond donors (Lipinski definition) is 0. The molecule has 9 nitrogen and oxygen atoms in total. The molecule has 0 N–H and O–H groups in total. The van der Waals surface area contributed by atoms with Gasteiger partial charge in [-0.3, -0.25) is 20.2 Å². The highest BCUT2D eigenvalue weighted by atomic mass is 16.7. The Morgan fingerprint density at radius 3 is 2.61 bits per heavy atom. The molecule has 18 heavy (non-hydrogen) atoms. The number of ether oxygens (including phenoxy) is 2. The van der Waals surface area contributed by atoms with Crippen LogP contribution < -0.4 is 0 Å². The second-order valence-electron chi connectivity index (χ2n) is 3.69. The Morgan fingerprint density at radius 1 is 1.44 bits per heavy atom. The lowest BCUT2D eigenvalue weighted by atomic mass is 9.99. The van der Waals surface area contributed by atoms with Crippen LogP contribution in [0.2, 0.25) is 0 Å². The Labute approximate surface area is 101 Å². The van der Waals surface area contributed by atoms with Crippen molar-refractivity contribution < 1.29 is 19.3 Å². The summed E-state index contributed by atoms with van der Waals surface area (Å²) in [6.07, 6.45) is 2.06. The Hall–Kier alpha value is -2.29. The first-order valence-corrected chi connectivity index (χ1v) is 4.92. The maximum Gasteiger partial charge on any atom is 0.348 e. The summed E-state index contributed by atoms with van der Waals surface area (Å²) in [5, 5.41) is 21.8. The van der Waals surface area contributed by atoms with Crippen LogP contribution in [0, 0.1) is 20.2 Å². The van der Waals surface area contributed by atoms with Crippen molar-refractivity contribution in [2.75, 3.05) is 7.11 Å². The fourth-order valence-corrected chi connectivity index (χ4v) is 1.89. The molecule has 0 spiro atoms. The predicted molar refractivity (Wildman–Crippen MR) is 57.9 cm³/mol. The molecule has 0 unspecified atom stereocenters. The van der Waals surface area contributed by atoms with Gasteiger partial charge in [-0.25, -0.2) is 4.99 Å². The maximum absolute atomic E-state index is 11.0. The molecule has 1 aliphatic heterocycles. The third-order valence-corrected chi connectivity index (χ3v) is 2.63. The van der Waals surface area contributed by atoms with Crippen molar-refractivity contribution in [2.45, 2.75) is 18.8 Å². The van der Waals surface area contributed by atoms with Gasteiger partial charge in [0.25, 0.3) is 6.04 Å². The molecule has 1 aliphatic carbocycles. The van der Waals surface area contributed by atoms with Crippen molar-refractivity contribution in [1.29, 1.82) is 0 Å². The van der Waals surface area contributed by atoms with Crippen molar-refractivity contribution in [1.82, 2.24) is 0 Å². The van der Waals surface area contributed by atoms with Crippen LogP contribution in [0.4, 0.5) is 0 Å². The number of nitro groups is 2. The van der Waals surface area contributed by atoms with Gasteiger partial charge in [0.2, 0.25) is 0 Å². The van der Waals surface area contributed by atoms with E-state index < -0.39 is 27.4 Å². The number of nitrogens with zero attached hydrogens (tertiary/aromatic N) is 3. The molecule has 2 rings (SSSR count). The fraction of sp³-hybridized carbons (Fsp3) is 0.444. The number of aliphatic imine (C=N–C) groups is 1. The largest absolute Gasteiger partial charge is 0.434 e. The lowest BCUT2D eigenvalue weighted by Crippen LogP contribution is -2.43. The highest BCUT2D eigenvalue weighted by Crippen LogP contribution is 2.40. The van der Waals surface area contributed by atoms with Gasteiger partial charge in [0, 0.05) is 25.0 Å². The maximum atomic E-state index is 11.0. The second kappa shape index (κ2) is 3.88. The summed E-state index contributed by atoms with van der Waals surface area (Å²) in [5.74, 6) is -1.63. The standard InChI is InChI=1S/C9H9N3O6/c1-5-10-7-3-6(11(13)14)4-8(12(15)16)9(7,17-2)18-5/h3-4,6H,1-2H3/t6-,9+/m0/s1. The van der Waals surface area contributed by atoms with Crippen molar-refractivity contribution in [3.63, 3.8) is 0 Å². The van der Waals surface area contributed by atoms with E-state index in [1.165, 1.54) is 20.1 Å². The molecule has 96 valence electrons. The molecule has 9 heteroatoms. The van der Waals surface area contributed by atoms with Crippen LogP contribution in [-0.2, 0) is 9.47 Å². The van der Waals surface area contributed by atoms with Gasteiger partial charge >= 0.3 is 11.5 Å². The van der Waals surface area contributed by atoms with E-state index in [2.05, 4.69) is 4.99 Å². The lowest BCUT2D eigenvalue weighted by Gasteiger charge is -2.26. The first-order chi connectivity index (χ1) is 8.40. The number of hydrogen-bond acceptors (Lipinski definition) is 7. The minimum atomic E-state index is -1.78. The van der Waals surface area contributed by atoms with Crippen molar-refractivity contribution in [2.24, 2.45) is 4.99 Å². The van der Waals surface area contributed by atoms with Gasteiger partial charge in [0.15, 0.2) is 5.90 Å². The van der Waals surface area contributed by atoms with Gasteiger partial charge < -0.3 is 9.47 Å². The van der Waals surface area contributed by atoms with Gasteiger partial charge in [-0.15, -0.1) is 0 Å². The molecule has 2 aliphatic rings. The van der Waals surface area contributed by atoms with E-state index in [1.54, 1.807) is 0 Å². The second-order valence-corrected chi connectivity index (χ2v) is 3.69. The first-order valence-electron chi connectivity index (χ1n) is 4.92. The molecule has 2 atom stereocenters. The number of fused-ring (bicyclic) bond motifs is 1. The predicted octanol–water partition coefficient (Wildman–Crippen LogP) is 0.481. The molecule has 0 fully saturated rings. The Bertz CT molecular complexity index is 522. The van der Waals surface area contributed by atoms with Crippen LogP contribution in [0.3, 0.4) is 0 Å². The third kappa shape index (κ3) is 1.56. The molecule has 1 heterocycles. The van der Waals surface area contributed by atoms with Crippen LogP contribution in [0.25, 0.3) is 0 Å². The van der Waals surface area contributed by atoms with E-state index in [0.717, 1.165) is 6.08 Å². The third-order valence-electron chi connectivity index (χ3n) is 2.63. The minimum Gasteiger partial charge on any atom is -0.434 e. The molecular weight excluding hydrogens is 246 g/mol. The zero-order chi connectivity index (χ0) is 13.5. The van der Waals surface area contributed by atoms with Gasteiger partial charge in [-0.2, -0.15) is 0 Å². The van der Waals surface area contributed by atoms with E-state index in [0.29, 0.717) is 0 Å². The van der Waals surface area contributed by atoms with Crippen molar-refractivity contribution in [3.8, 4) is 0 Å². The normalized spacial score (nSPS) is 29.7. The Kier molecular flexibility index (Phi) is 2.62. The molecule has 0 aromatic rings. The van der Waals surface area contributed by atoms with Gasteiger partial charge in [0.05, 0.1) is 11.0 Å². The van der Waals surface area contributed by atoms with E-state index in [1.807, 2.05) is 0 Å². The van der Waals surface area contributed by atoms with Gasteiger partial charge in [-0.1, -0.05) is 0 Å². The highest BCUT2D eigenvalue weighted by Gasteiger charge is 2.57. The molecular formula is C9H9N3O6. The average Bonchev–Trinajstić information content (AvgIpc) is 2.63. The molecule has 0 aromatic carbocycles. The molecule has 0 bridgehead atoms. The van der Waals surface area contributed by atoms with Crippen LogP contribution in [0.1, 0.15) is 6.92 Å². The van der Waals surface area contributed by atoms with Crippen LogP contribution in [0.15, 0.2) is 28.5 Å². The van der Waals surface area contributed by atoms with Crippen molar-refractivity contribution in [3.05, 3.63) is 43.8 Å². The highest BCUT2D eigenvalue weighted by molar-refractivity contribution is 5.78. The summed E-state index contributed by atoms with van der Waals surface area (Å²) in [6.45, 7) is 1.48. The van der Waals surface area contributed by atoms with E-state index in [4.69, 9.17) is 9.47 Å². The van der Waals surface area contributed by atoms with E-state index in [-0.39, 0.29) is 11.6 Å². The number of methoxy groups -OCH3 is 1. The monoisotopic (exact) mass is 255 g/mol. The van der Waals surface area contributed by atoms with E-state index in [9.17, 15) is 20.2 Å². The number of rotatable bonds is 3. The Balaban J connectivity index is 2.57. The minimum absolute atomic E-state index is 0.0263. The van der Waals surface area contributed by atoms with Crippen LogP contribution in [0.5, 0.6) is 0 Å². The van der Waals surface area contributed by atoms with Crippen LogP contribution >= 0.6 is 0 Å². The zero-order valence-corrected chi connectivity index (χ0v) is 9.52. The fourth-order valence-electron chi connectivity index (χ4n) is 1.89. The zero-order valence-electron chi connectivity index (χ0n) is 9.52. The Morgan fingerprint density at radius 2 is 2.11 bits per heavy atom. The molecule has 0 amide bonds. The molecule has 0 aromatic heterocycles. The topological polar surface area (TPSA) is 117 Å². The molecule has 0 saturated carbocycles. The lowest BCUT2D eigenvalue weighted by molar-refractivity contribution is -0.504. The van der Waals surface area contributed by atoms with E-state index >= 15 is 0 Å². The quantitative estimate of drug-likeness (QED) is 0.534. The van der Waals surface area contributed by atoms with Crippen LogP contribution in [-0.4, -0.2) is 34.7 Å². The summed E-state index contributed by atoms with van der Waals surface area (Å²) >= 11 is 0. The first kappa shape index (κ1) is 12.2. The van der Waals surface area contributed by atoms with Crippen molar-refractivity contribution >= 4 is 5.90 Å². The summed E-state index contributed by atoms with van der Waals surface area (Å²) in [5.41, 5.74) is -0.511.